The summed E-state index contributed by atoms with van der Waals surface area (Å²) < 4.78 is 21.1. The number of rotatable bonds is 19. The number of nitrogens with zero attached hydrogens (tertiary/aromatic N) is 2. The van der Waals surface area contributed by atoms with Gasteiger partial charge in [0.25, 0.3) is 23.6 Å². The number of ether oxygens (including phenoxy) is 4. The van der Waals surface area contributed by atoms with Crippen LogP contribution in [-0.2, 0) is 47.7 Å². The van der Waals surface area contributed by atoms with Gasteiger partial charge in [0, 0.05) is 70.1 Å². The van der Waals surface area contributed by atoms with Crippen molar-refractivity contribution in [2.75, 3.05) is 83.5 Å². The zero-order chi connectivity index (χ0) is 31.6. The predicted octanol–water partition coefficient (Wildman–Crippen LogP) is -0.00720. The molecule has 2 N–H and O–H groups in total. The molecule has 0 aromatic rings. The van der Waals surface area contributed by atoms with Gasteiger partial charge in [0.1, 0.15) is 0 Å². The summed E-state index contributed by atoms with van der Waals surface area (Å²) in [5, 5.41) is 5.36. The summed E-state index contributed by atoms with van der Waals surface area (Å²) in [6.07, 6.45) is 5.06. The van der Waals surface area contributed by atoms with E-state index in [9.17, 15) is 28.8 Å². The van der Waals surface area contributed by atoms with Gasteiger partial charge < -0.3 is 29.6 Å². The fourth-order valence-electron chi connectivity index (χ4n) is 3.00. The first kappa shape index (κ1) is 39.3. The molecule has 6 amide bonds. The van der Waals surface area contributed by atoms with Crippen LogP contribution in [0.4, 0.5) is 0 Å². The lowest BCUT2D eigenvalue weighted by Gasteiger charge is -2.13. The van der Waals surface area contributed by atoms with E-state index in [0.717, 1.165) is 11.5 Å². The lowest BCUT2D eigenvalue weighted by atomic mass is 10.3. The minimum Gasteiger partial charge on any atom is -0.379 e. The third-order valence-electron chi connectivity index (χ3n) is 5.09. The van der Waals surface area contributed by atoms with Gasteiger partial charge in [-0.25, -0.2) is 0 Å². The first-order valence-electron chi connectivity index (χ1n) is 13.7. The maximum atomic E-state index is 11.5. The van der Waals surface area contributed by atoms with Gasteiger partial charge in [0.2, 0.25) is 11.8 Å². The van der Waals surface area contributed by atoms with Crippen LogP contribution in [0.5, 0.6) is 0 Å². The highest BCUT2D eigenvalue weighted by molar-refractivity contribution is 14.1. The Morgan fingerprint density at radius 2 is 1.05 bits per heavy atom. The van der Waals surface area contributed by atoms with Crippen LogP contribution in [0.3, 0.4) is 0 Å². The molecule has 2 aliphatic heterocycles. The van der Waals surface area contributed by atoms with Crippen LogP contribution in [0.15, 0.2) is 24.3 Å². The molecule has 2 heterocycles. The third kappa shape index (κ3) is 19.4. The Balaban J connectivity index is 0.000000654. The van der Waals surface area contributed by atoms with Gasteiger partial charge in [-0.3, -0.25) is 38.6 Å². The molecule has 42 heavy (non-hydrogen) atoms. The van der Waals surface area contributed by atoms with Crippen LogP contribution < -0.4 is 10.6 Å². The van der Waals surface area contributed by atoms with Crippen LogP contribution in [0.2, 0.25) is 0 Å². The number of carbonyl (C=O) groups excluding carboxylic acids is 6. The Bertz CT molecular complexity index is 877. The smallest absolute Gasteiger partial charge is 0.253 e. The zero-order valence-corrected chi connectivity index (χ0v) is 26.7. The van der Waals surface area contributed by atoms with Crippen molar-refractivity contribution in [1.29, 1.82) is 0 Å². The summed E-state index contributed by atoms with van der Waals surface area (Å²) >= 11 is 2.02. The number of carbonyl (C=O) groups is 6. The van der Waals surface area contributed by atoms with E-state index in [-0.39, 0.29) is 48.4 Å². The van der Waals surface area contributed by atoms with Gasteiger partial charge in [-0.05, 0) is 20.8 Å². The molecule has 0 fully saturated rings. The van der Waals surface area contributed by atoms with E-state index in [4.69, 9.17) is 18.9 Å². The summed E-state index contributed by atoms with van der Waals surface area (Å²) in [6, 6.07) is 0. The minimum atomic E-state index is -0.373. The van der Waals surface area contributed by atoms with Crippen molar-refractivity contribution in [1.82, 2.24) is 20.4 Å². The number of imide groups is 2. The molecule has 0 aromatic heterocycles. The van der Waals surface area contributed by atoms with Crippen LogP contribution in [0.1, 0.15) is 27.2 Å². The molecule has 0 bridgehead atoms. The first-order chi connectivity index (χ1) is 20.2. The van der Waals surface area contributed by atoms with Crippen LogP contribution in [-0.4, -0.2) is 129 Å². The summed E-state index contributed by atoms with van der Waals surface area (Å²) in [7, 11) is 0. The minimum absolute atomic E-state index is 0.0500. The number of hydrogen-bond donors (Lipinski definition) is 2. The number of hydrogen-bond acceptors (Lipinski definition) is 10. The van der Waals surface area contributed by atoms with Crippen molar-refractivity contribution in [3.63, 3.8) is 0 Å². The second-order valence-electron chi connectivity index (χ2n) is 8.12. The van der Waals surface area contributed by atoms with Crippen molar-refractivity contribution in [3.05, 3.63) is 24.3 Å². The molecular weight excluding hydrogens is 667 g/mol. The van der Waals surface area contributed by atoms with Gasteiger partial charge in [0.05, 0.1) is 44.1 Å². The summed E-state index contributed by atoms with van der Waals surface area (Å²) in [4.78, 5) is 68.2. The molecule has 14 nitrogen and oxygen atoms in total. The fourth-order valence-corrected chi connectivity index (χ4v) is 3.27. The van der Waals surface area contributed by atoms with E-state index in [0.29, 0.717) is 70.3 Å². The molecule has 238 valence electrons. The third-order valence-corrected chi connectivity index (χ3v) is 5.78. The van der Waals surface area contributed by atoms with Crippen molar-refractivity contribution < 1.29 is 47.7 Å². The molecule has 2 aliphatic rings. The SMILES string of the molecule is CCN1C(=O)C=CC1=O.CCOCCOCCNC(=O)CCN1C(=O)C=CC1=O.CCOCCOCCNC(=O)CI. The normalized spacial score (nSPS) is 13.6. The van der Waals surface area contributed by atoms with E-state index in [1.807, 2.05) is 36.4 Å². The number of alkyl halides is 1. The van der Waals surface area contributed by atoms with Crippen molar-refractivity contribution in [3.8, 4) is 0 Å². The predicted molar refractivity (Wildman–Crippen MR) is 162 cm³/mol. The van der Waals surface area contributed by atoms with E-state index in [1.54, 1.807) is 6.92 Å². The van der Waals surface area contributed by atoms with Crippen molar-refractivity contribution >= 4 is 58.0 Å². The average Bonchev–Trinajstić information content (AvgIpc) is 3.49. The monoisotopic (exact) mass is 710 g/mol. The molecule has 2 rings (SSSR count). The molecule has 0 aliphatic carbocycles. The Hall–Kier alpha value is -2.73. The molecule has 0 atom stereocenters. The number of likely N-dealkylation sites (N-methyl/N-ethyl adjacent to an activating group) is 1. The van der Waals surface area contributed by atoms with E-state index in [2.05, 4.69) is 10.6 Å². The van der Waals surface area contributed by atoms with Crippen molar-refractivity contribution in [2.24, 2.45) is 0 Å². The highest BCUT2D eigenvalue weighted by Gasteiger charge is 2.23. The fraction of sp³-hybridized carbons (Fsp3) is 0.630. The van der Waals surface area contributed by atoms with Crippen LogP contribution >= 0.6 is 22.6 Å². The zero-order valence-electron chi connectivity index (χ0n) is 24.6. The lowest BCUT2D eigenvalue weighted by molar-refractivity contribution is -0.138. The maximum Gasteiger partial charge on any atom is 0.253 e. The molecule has 15 heteroatoms. The molecular formula is C27H43IN4O10. The van der Waals surface area contributed by atoms with Crippen LogP contribution in [0.25, 0.3) is 0 Å². The second-order valence-corrected chi connectivity index (χ2v) is 8.88. The summed E-state index contributed by atoms with van der Waals surface area (Å²) in [6.45, 7) is 11.7. The standard InChI is InChI=1S/C13H20N2O5.C8H16INO3.C6H7NO2/c1-2-19-9-10-20-8-6-14-11(16)5-7-15-12(17)3-4-13(15)18;1-2-12-5-6-13-4-3-10-8(11)7-9;1-2-7-5(8)3-4-6(7)9/h3-4H,2,5-10H2,1H3,(H,14,16);2-7H2,1H3,(H,10,11);3-4H,2H2,1H3. The highest BCUT2D eigenvalue weighted by Crippen LogP contribution is 2.04. The van der Waals surface area contributed by atoms with E-state index in [1.165, 1.54) is 29.2 Å². The highest BCUT2D eigenvalue weighted by atomic mass is 127. The van der Waals surface area contributed by atoms with E-state index < -0.39 is 0 Å². The molecule has 0 saturated heterocycles. The topological polar surface area (TPSA) is 170 Å². The quantitative estimate of drug-likeness (QED) is 0.0805. The Morgan fingerprint density at radius 3 is 1.43 bits per heavy atom. The second kappa shape index (κ2) is 25.9. The number of nitrogens with one attached hydrogen (secondary N) is 2. The Labute approximate surface area is 260 Å². The van der Waals surface area contributed by atoms with Gasteiger partial charge in [-0.1, -0.05) is 22.6 Å². The summed E-state index contributed by atoms with van der Waals surface area (Å²) in [5.74, 6) is -1.32. The largest absolute Gasteiger partial charge is 0.379 e. The molecule has 0 spiro atoms. The van der Waals surface area contributed by atoms with Gasteiger partial charge in [-0.15, -0.1) is 0 Å². The molecule has 0 aromatic carbocycles. The van der Waals surface area contributed by atoms with Gasteiger partial charge in [-0.2, -0.15) is 0 Å². The number of amides is 6. The van der Waals surface area contributed by atoms with Crippen molar-refractivity contribution in [2.45, 2.75) is 27.2 Å². The molecule has 0 unspecified atom stereocenters. The Kier molecular flexibility index (Phi) is 24.3. The molecule has 0 saturated carbocycles. The summed E-state index contributed by atoms with van der Waals surface area (Å²) in [5.41, 5.74) is 0. The van der Waals surface area contributed by atoms with Crippen LogP contribution in [0, 0.1) is 0 Å². The average molecular weight is 711 g/mol. The maximum absolute atomic E-state index is 11.5. The van der Waals surface area contributed by atoms with Gasteiger partial charge in [0.15, 0.2) is 0 Å². The van der Waals surface area contributed by atoms with Gasteiger partial charge >= 0.3 is 0 Å². The Morgan fingerprint density at radius 1 is 0.643 bits per heavy atom. The molecule has 0 radical (unpaired) electrons. The number of halogens is 1. The van der Waals surface area contributed by atoms with E-state index >= 15 is 0 Å². The lowest BCUT2D eigenvalue weighted by Crippen LogP contribution is -2.35. The first-order valence-corrected chi connectivity index (χ1v) is 15.2.